The molecule has 8 heteroatoms. The first-order valence-electron chi connectivity index (χ1n) is 7.82. The number of aromatic nitrogens is 2. The third-order valence-corrected chi connectivity index (χ3v) is 3.88. The van der Waals surface area contributed by atoms with E-state index in [2.05, 4.69) is 15.3 Å². The number of nitrogens with zero attached hydrogens (tertiary/aromatic N) is 2. The molecule has 0 radical (unpaired) electrons. The van der Waals surface area contributed by atoms with Gasteiger partial charge in [-0.05, 0) is 26.0 Å². The number of benzene rings is 1. The van der Waals surface area contributed by atoms with E-state index < -0.39 is 11.9 Å². The van der Waals surface area contributed by atoms with Gasteiger partial charge in [0.2, 0.25) is 11.6 Å². The van der Waals surface area contributed by atoms with Gasteiger partial charge >= 0.3 is 5.97 Å². The van der Waals surface area contributed by atoms with Gasteiger partial charge in [0, 0.05) is 5.56 Å². The lowest BCUT2D eigenvalue weighted by atomic mass is 10.2. The number of furan rings is 1. The Kier molecular flexibility index (Phi) is 4.83. The summed E-state index contributed by atoms with van der Waals surface area (Å²) in [7, 11) is 1.28. The zero-order valence-electron chi connectivity index (χ0n) is 14.5. The molecular formula is C18H17N3O5. The third kappa shape index (κ3) is 3.34. The molecule has 26 heavy (non-hydrogen) atoms. The largest absolute Gasteiger partial charge is 0.467 e. The van der Waals surface area contributed by atoms with Crippen LogP contribution in [-0.2, 0) is 9.53 Å². The number of rotatable bonds is 5. The van der Waals surface area contributed by atoms with Gasteiger partial charge in [-0.3, -0.25) is 4.79 Å². The van der Waals surface area contributed by atoms with Crippen LogP contribution in [0.2, 0.25) is 0 Å². The first kappa shape index (κ1) is 17.4. The minimum Gasteiger partial charge on any atom is -0.467 e. The number of hydrogen-bond acceptors (Lipinski definition) is 7. The van der Waals surface area contributed by atoms with Gasteiger partial charge in [0.15, 0.2) is 6.61 Å². The zero-order chi connectivity index (χ0) is 18.7. The summed E-state index contributed by atoms with van der Waals surface area (Å²) in [6.07, 6.45) is 1.31. The minimum atomic E-state index is -0.538. The van der Waals surface area contributed by atoms with Crippen molar-refractivity contribution < 1.29 is 23.5 Å². The van der Waals surface area contributed by atoms with Crippen molar-refractivity contribution in [1.82, 2.24) is 9.97 Å². The molecule has 0 aliphatic carbocycles. The maximum absolute atomic E-state index is 12.2. The molecule has 0 saturated heterocycles. The van der Waals surface area contributed by atoms with Crippen LogP contribution in [0.25, 0.3) is 11.1 Å². The lowest BCUT2D eigenvalue weighted by molar-refractivity contribution is -0.118. The number of nitrogens with one attached hydrogen (secondary N) is 1. The molecule has 3 aromatic rings. The Morgan fingerprint density at radius 3 is 2.73 bits per heavy atom. The van der Waals surface area contributed by atoms with Crippen LogP contribution in [0.5, 0.6) is 5.88 Å². The number of fused-ring (bicyclic) bond motifs is 1. The Morgan fingerprint density at radius 1 is 1.19 bits per heavy atom. The molecule has 0 fully saturated rings. The van der Waals surface area contributed by atoms with E-state index in [4.69, 9.17) is 13.9 Å². The number of anilines is 1. The molecule has 0 aliphatic heterocycles. The van der Waals surface area contributed by atoms with Crippen molar-refractivity contribution in [3.05, 3.63) is 47.5 Å². The Labute approximate surface area is 149 Å². The summed E-state index contributed by atoms with van der Waals surface area (Å²) < 4.78 is 15.8. The number of amides is 1. The summed E-state index contributed by atoms with van der Waals surface area (Å²) in [6, 6.07) is 6.55. The molecule has 0 aliphatic rings. The molecule has 2 aromatic heterocycles. The van der Waals surface area contributed by atoms with Gasteiger partial charge in [0.1, 0.15) is 17.5 Å². The van der Waals surface area contributed by atoms with Crippen molar-refractivity contribution in [2.45, 2.75) is 13.8 Å². The molecule has 1 aromatic carbocycles. The third-order valence-electron chi connectivity index (χ3n) is 3.88. The fraction of sp³-hybridized carbons (Fsp3) is 0.222. The van der Waals surface area contributed by atoms with Crippen molar-refractivity contribution in [2.24, 2.45) is 0 Å². The van der Waals surface area contributed by atoms with Gasteiger partial charge in [0.25, 0.3) is 5.91 Å². The second kappa shape index (κ2) is 7.22. The number of carbonyl (C=O) groups excluding carboxylic acids is 2. The Hall–Kier alpha value is -3.42. The van der Waals surface area contributed by atoms with Crippen LogP contribution >= 0.6 is 0 Å². The predicted octanol–water partition coefficient (Wildman–Crippen LogP) is 2.64. The lowest BCUT2D eigenvalue weighted by Gasteiger charge is -2.10. The van der Waals surface area contributed by atoms with Crippen LogP contribution in [0.15, 0.2) is 35.0 Å². The van der Waals surface area contributed by atoms with Gasteiger partial charge in [-0.15, -0.1) is 0 Å². The van der Waals surface area contributed by atoms with Crippen molar-refractivity contribution in [3.8, 4) is 5.88 Å². The van der Waals surface area contributed by atoms with Crippen LogP contribution in [0, 0.1) is 13.8 Å². The second-order valence-corrected chi connectivity index (χ2v) is 5.52. The molecule has 0 atom stereocenters. The van der Waals surface area contributed by atoms with Gasteiger partial charge in [-0.2, -0.15) is 0 Å². The molecule has 0 unspecified atom stereocenters. The summed E-state index contributed by atoms with van der Waals surface area (Å²) in [5, 5.41) is 3.26. The van der Waals surface area contributed by atoms with Crippen LogP contribution in [-0.4, -0.2) is 35.6 Å². The molecule has 2 heterocycles. The number of carbonyl (C=O) groups is 2. The van der Waals surface area contributed by atoms with E-state index >= 15 is 0 Å². The Balaban J connectivity index is 1.74. The molecular weight excluding hydrogens is 338 g/mol. The highest BCUT2D eigenvalue weighted by molar-refractivity contribution is 6.01. The number of esters is 1. The van der Waals surface area contributed by atoms with E-state index in [1.807, 2.05) is 13.8 Å². The van der Waals surface area contributed by atoms with E-state index in [0.717, 1.165) is 5.56 Å². The highest BCUT2D eigenvalue weighted by Crippen LogP contribution is 2.29. The molecule has 8 nitrogen and oxygen atoms in total. The van der Waals surface area contributed by atoms with Crippen LogP contribution < -0.4 is 10.1 Å². The fourth-order valence-electron chi connectivity index (χ4n) is 2.46. The number of hydrogen-bond donors (Lipinski definition) is 1. The summed E-state index contributed by atoms with van der Waals surface area (Å²) in [5.74, 6) is -0.00244. The predicted molar refractivity (Wildman–Crippen MR) is 93.2 cm³/mol. The summed E-state index contributed by atoms with van der Waals surface area (Å²) in [5.41, 5.74) is 1.86. The smallest absolute Gasteiger partial charge is 0.339 e. The molecule has 0 saturated carbocycles. The van der Waals surface area contributed by atoms with E-state index in [0.29, 0.717) is 22.5 Å². The molecule has 134 valence electrons. The number of methoxy groups -OCH3 is 1. The van der Waals surface area contributed by atoms with Crippen molar-refractivity contribution in [3.63, 3.8) is 0 Å². The molecule has 1 amide bonds. The zero-order valence-corrected chi connectivity index (χ0v) is 14.5. The Bertz CT molecular complexity index is 980. The monoisotopic (exact) mass is 355 g/mol. The van der Waals surface area contributed by atoms with Crippen molar-refractivity contribution in [2.75, 3.05) is 19.0 Å². The average Bonchev–Trinajstić information content (AvgIpc) is 2.94. The van der Waals surface area contributed by atoms with Gasteiger partial charge in [0.05, 0.1) is 18.4 Å². The minimum absolute atomic E-state index is 0.258. The van der Waals surface area contributed by atoms with E-state index in [9.17, 15) is 9.59 Å². The lowest BCUT2D eigenvalue weighted by Crippen LogP contribution is -2.22. The van der Waals surface area contributed by atoms with E-state index in [1.165, 1.54) is 13.4 Å². The van der Waals surface area contributed by atoms with Crippen LogP contribution in [0.4, 0.5) is 5.69 Å². The SMILES string of the molecule is COC(=O)c1ccccc1NC(=O)COc1ncnc2oc(C)c(C)c12. The van der Waals surface area contributed by atoms with Crippen LogP contribution in [0.1, 0.15) is 21.7 Å². The first-order chi connectivity index (χ1) is 12.5. The molecule has 1 N–H and O–H groups in total. The van der Waals surface area contributed by atoms with Crippen LogP contribution in [0.3, 0.4) is 0 Å². The summed E-state index contributed by atoms with van der Waals surface area (Å²) >= 11 is 0. The van der Waals surface area contributed by atoms with Crippen molar-refractivity contribution in [1.29, 1.82) is 0 Å². The standard InChI is InChI=1S/C18H17N3O5/c1-10-11(2)26-17-15(10)16(19-9-20-17)25-8-14(22)21-13-7-5-4-6-12(13)18(23)24-3/h4-7,9H,8H2,1-3H3,(H,21,22). The van der Waals surface area contributed by atoms with Gasteiger partial charge < -0.3 is 19.2 Å². The highest BCUT2D eigenvalue weighted by atomic mass is 16.5. The highest BCUT2D eigenvalue weighted by Gasteiger charge is 2.17. The number of aryl methyl sites for hydroxylation is 2. The molecule has 0 spiro atoms. The molecule has 0 bridgehead atoms. The number of para-hydroxylation sites is 1. The topological polar surface area (TPSA) is 104 Å². The van der Waals surface area contributed by atoms with E-state index in [1.54, 1.807) is 24.3 Å². The normalized spacial score (nSPS) is 10.6. The summed E-state index contributed by atoms with van der Waals surface area (Å²) in [4.78, 5) is 32.1. The quantitative estimate of drug-likeness (QED) is 0.702. The average molecular weight is 355 g/mol. The Morgan fingerprint density at radius 2 is 1.96 bits per heavy atom. The second-order valence-electron chi connectivity index (χ2n) is 5.52. The van der Waals surface area contributed by atoms with Gasteiger partial charge in [-0.25, -0.2) is 14.8 Å². The first-order valence-corrected chi connectivity index (χ1v) is 7.82. The maximum atomic E-state index is 12.2. The summed E-state index contributed by atoms with van der Waals surface area (Å²) in [6.45, 7) is 3.40. The maximum Gasteiger partial charge on any atom is 0.339 e. The fourth-order valence-corrected chi connectivity index (χ4v) is 2.46. The number of ether oxygens (including phenoxy) is 2. The molecule has 3 rings (SSSR count). The van der Waals surface area contributed by atoms with Gasteiger partial charge in [-0.1, -0.05) is 12.1 Å². The van der Waals surface area contributed by atoms with Crippen molar-refractivity contribution >= 4 is 28.7 Å². The van der Waals surface area contributed by atoms with E-state index in [-0.39, 0.29) is 18.1 Å².